The zero-order chi connectivity index (χ0) is 22.2. The average Bonchev–Trinajstić information content (AvgIpc) is 3.03. The van der Waals surface area contributed by atoms with E-state index in [-0.39, 0.29) is 23.8 Å². The van der Waals surface area contributed by atoms with Crippen LogP contribution in [0.3, 0.4) is 0 Å². The number of H-pyrrole nitrogens is 1. The SMILES string of the molecule is CC#CCn1c(N2CCC[C@@H](N(C(=O)O)C(C)(C)C)C2)nc2c1c(=O)[nH]c(=O)n2C. The van der Waals surface area contributed by atoms with E-state index in [1.165, 1.54) is 9.47 Å². The van der Waals surface area contributed by atoms with Gasteiger partial charge in [0.05, 0.1) is 12.6 Å². The van der Waals surface area contributed by atoms with Gasteiger partial charge in [-0.15, -0.1) is 5.92 Å². The summed E-state index contributed by atoms with van der Waals surface area (Å²) in [6.07, 6.45) is 0.565. The number of rotatable bonds is 3. The highest BCUT2D eigenvalue weighted by molar-refractivity contribution is 5.74. The fourth-order valence-corrected chi connectivity index (χ4v) is 4.11. The molecule has 10 heteroatoms. The maximum atomic E-state index is 12.5. The molecule has 1 fully saturated rings. The maximum absolute atomic E-state index is 12.5. The zero-order valence-electron chi connectivity index (χ0n) is 18.0. The number of aromatic nitrogens is 4. The lowest BCUT2D eigenvalue weighted by molar-refractivity contribution is 0.0646. The highest BCUT2D eigenvalue weighted by Gasteiger charge is 2.37. The van der Waals surface area contributed by atoms with Crippen molar-refractivity contribution in [1.29, 1.82) is 0 Å². The van der Waals surface area contributed by atoms with E-state index in [0.29, 0.717) is 19.0 Å². The monoisotopic (exact) mass is 416 g/mol. The van der Waals surface area contributed by atoms with Crippen LogP contribution in [0.4, 0.5) is 10.7 Å². The molecular weight excluding hydrogens is 388 g/mol. The number of nitrogens with zero attached hydrogens (tertiary/aromatic N) is 5. The Morgan fingerprint density at radius 3 is 2.67 bits per heavy atom. The molecule has 1 aliphatic heterocycles. The average molecular weight is 416 g/mol. The maximum Gasteiger partial charge on any atom is 0.408 e. The normalized spacial score (nSPS) is 17.0. The first-order valence-electron chi connectivity index (χ1n) is 9.92. The predicted molar refractivity (Wildman–Crippen MR) is 114 cm³/mol. The number of carbonyl (C=O) groups is 1. The van der Waals surface area contributed by atoms with Gasteiger partial charge in [-0.05, 0) is 40.5 Å². The van der Waals surface area contributed by atoms with E-state index in [1.807, 2.05) is 25.7 Å². The van der Waals surface area contributed by atoms with Gasteiger partial charge < -0.3 is 10.0 Å². The molecule has 0 saturated carbocycles. The van der Waals surface area contributed by atoms with Crippen molar-refractivity contribution in [2.24, 2.45) is 7.05 Å². The van der Waals surface area contributed by atoms with Crippen molar-refractivity contribution in [3.8, 4) is 11.8 Å². The molecule has 2 aromatic heterocycles. The highest BCUT2D eigenvalue weighted by atomic mass is 16.4. The summed E-state index contributed by atoms with van der Waals surface area (Å²) >= 11 is 0. The zero-order valence-corrected chi connectivity index (χ0v) is 18.0. The molecule has 1 saturated heterocycles. The summed E-state index contributed by atoms with van der Waals surface area (Å²) in [6, 6.07) is -0.219. The Morgan fingerprint density at radius 2 is 2.07 bits per heavy atom. The van der Waals surface area contributed by atoms with Crippen molar-refractivity contribution < 1.29 is 9.90 Å². The molecule has 1 amide bonds. The van der Waals surface area contributed by atoms with Crippen LogP contribution in [0.5, 0.6) is 0 Å². The van der Waals surface area contributed by atoms with Gasteiger partial charge in [-0.1, -0.05) is 5.92 Å². The summed E-state index contributed by atoms with van der Waals surface area (Å²) in [4.78, 5) is 46.9. The van der Waals surface area contributed by atoms with E-state index in [2.05, 4.69) is 21.8 Å². The number of hydrogen-bond acceptors (Lipinski definition) is 5. The molecule has 0 bridgehead atoms. The summed E-state index contributed by atoms with van der Waals surface area (Å²) in [6.45, 7) is 8.70. The van der Waals surface area contributed by atoms with Gasteiger partial charge in [-0.2, -0.15) is 4.98 Å². The third-order valence-corrected chi connectivity index (χ3v) is 5.37. The van der Waals surface area contributed by atoms with Crippen LogP contribution in [-0.2, 0) is 13.6 Å². The largest absolute Gasteiger partial charge is 0.465 e. The van der Waals surface area contributed by atoms with Crippen LogP contribution in [0.2, 0.25) is 0 Å². The van der Waals surface area contributed by atoms with Gasteiger partial charge in [0.1, 0.15) is 0 Å². The van der Waals surface area contributed by atoms with Crippen LogP contribution in [0.1, 0.15) is 40.5 Å². The molecule has 2 aromatic rings. The number of amides is 1. The minimum atomic E-state index is -0.960. The van der Waals surface area contributed by atoms with E-state index in [1.54, 1.807) is 18.5 Å². The van der Waals surface area contributed by atoms with Crippen LogP contribution in [-0.4, -0.2) is 59.9 Å². The molecule has 30 heavy (non-hydrogen) atoms. The number of piperidine rings is 1. The summed E-state index contributed by atoms with van der Waals surface area (Å²) in [5.41, 5.74) is -1.03. The Kier molecular flexibility index (Phi) is 5.65. The van der Waals surface area contributed by atoms with Crippen molar-refractivity contribution in [1.82, 2.24) is 24.0 Å². The van der Waals surface area contributed by atoms with Gasteiger partial charge in [0.2, 0.25) is 5.95 Å². The van der Waals surface area contributed by atoms with E-state index < -0.39 is 22.9 Å². The van der Waals surface area contributed by atoms with E-state index >= 15 is 0 Å². The number of carboxylic acid groups (broad SMARTS) is 1. The Labute approximate surface area is 174 Å². The van der Waals surface area contributed by atoms with Gasteiger partial charge in [0.15, 0.2) is 11.2 Å². The van der Waals surface area contributed by atoms with Crippen molar-refractivity contribution in [2.45, 2.75) is 58.7 Å². The van der Waals surface area contributed by atoms with Crippen molar-refractivity contribution >= 4 is 23.2 Å². The fourth-order valence-electron chi connectivity index (χ4n) is 4.11. The number of hydrogen-bond donors (Lipinski definition) is 2. The molecule has 0 unspecified atom stereocenters. The van der Waals surface area contributed by atoms with Crippen LogP contribution >= 0.6 is 0 Å². The number of nitrogens with one attached hydrogen (secondary N) is 1. The number of aromatic amines is 1. The smallest absolute Gasteiger partial charge is 0.408 e. The van der Waals surface area contributed by atoms with E-state index in [4.69, 9.17) is 0 Å². The number of imidazole rings is 1. The molecule has 10 nitrogen and oxygen atoms in total. The van der Waals surface area contributed by atoms with Crippen LogP contribution in [0, 0.1) is 11.8 Å². The minimum Gasteiger partial charge on any atom is -0.465 e. The highest BCUT2D eigenvalue weighted by Crippen LogP contribution is 2.28. The van der Waals surface area contributed by atoms with E-state index in [9.17, 15) is 19.5 Å². The first-order valence-corrected chi connectivity index (χ1v) is 9.92. The summed E-state index contributed by atoms with van der Waals surface area (Å²) in [5.74, 6) is 6.30. The van der Waals surface area contributed by atoms with Gasteiger partial charge in [0.25, 0.3) is 5.56 Å². The van der Waals surface area contributed by atoms with Crippen LogP contribution in [0.15, 0.2) is 9.59 Å². The van der Waals surface area contributed by atoms with E-state index in [0.717, 1.165) is 12.8 Å². The first-order chi connectivity index (χ1) is 14.1. The molecule has 3 rings (SSSR count). The molecule has 0 spiro atoms. The lowest BCUT2D eigenvalue weighted by atomic mass is 9.98. The molecule has 2 N–H and O–H groups in total. The molecule has 162 valence electrons. The topological polar surface area (TPSA) is 116 Å². The Hall–Kier alpha value is -3.22. The Morgan fingerprint density at radius 1 is 1.37 bits per heavy atom. The lowest BCUT2D eigenvalue weighted by Crippen LogP contribution is -2.57. The van der Waals surface area contributed by atoms with Gasteiger partial charge in [-0.3, -0.25) is 23.8 Å². The standard InChI is InChI=1S/C20H28N6O4/c1-6-7-11-25-14-15(23(5)18(28)22-16(14)27)21-17(25)24-10-8-9-13(12-24)26(19(29)30)20(2,3)4/h13H,8-12H2,1-5H3,(H,29,30)(H,22,27,28)/t13-/m1/s1. The van der Waals surface area contributed by atoms with Crippen LogP contribution in [0.25, 0.3) is 11.2 Å². The lowest BCUT2D eigenvalue weighted by Gasteiger charge is -2.44. The molecule has 1 atom stereocenters. The fraction of sp³-hybridized carbons (Fsp3) is 0.600. The number of anilines is 1. The third kappa shape index (κ3) is 3.79. The third-order valence-electron chi connectivity index (χ3n) is 5.37. The Bertz CT molecular complexity index is 1140. The molecule has 0 aliphatic carbocycles. The van der Waals surface area contributed by atoms with Crippen molar-refractivity contribution in [2.75, 3.05) is 18.0 Å². The first kappa shape index (κ1) is 21.5. The molecule has 0 radical (unpaired) electrons. The molecule has 1 aliphatic rings. The molecular formula is C20H28N6O4. The second kappa shape index (κ2) is 7.89. The summed E-state index contributed by atoms with van der Waals surface area (Å²) in [5, 5.41) is 9.79. The summed E-state index contributed by atoms with van der Waals surface area (Å²) in [7, 11) is 1.55. The summed E-state index contributed by atoms with van der Waals surface area (Å²) < 4.78 is 3.00. The Balaban J connectivity index is 2.11. The second-order valence-electron chi connectivity index (χ2n) is 8.48. The number of fused-ring (bicyclic) bond motifs is 1. The quantitative estimate of drug-likeness (QED) is 0.726. The van der Waals surface area contributed by atoms with Crippen LogP contribution < -0.4 is 16.1 Å². The number of aryl methyl sites for hydroxylation is 1. The van der Waals surface area contributed by atoms with Gasteiger partial charge >= 0.3 is 11.8 Å². The van der Waals surface area contributed by atoms with Crippen molar-refractivity contribution in [3.63, 3.8) is 0 Å². The molecule has 0 aromatic carbocycles. The second-order valence-corrected chi connectivity index (χ2v) is 8.48. The van der Waals surface area contributed by atoms with Crippen molar-refractivity contribution in [3.05, 3.63) is 20.8 Å². The van der Waals surface area contributed by atoms with Gasteiger partial charge in [-0.25, -0.2) is 9.59 Å². The predicted octanol–water partition coefficient (Wildman–Crippen LogP) is 1.19. The van der Waals surface area contributed by atoms with Gasteiger partial charge in [0, 0.05) is 25.7 Å². The molecule has 3 heterocycles. The minimum absolute atomic E-state index is 0.219.